The molecule has 0 bridgehead atoms. The van der Waals surface area contributed by atoms with Gasteiger partial charge in [-0.25, -0.2) is 4.79 Å². The molecule has 0 aliphatic carbocycles. The number of hydroxylamine groups is 2. The lowest BCUT2D eigenvalue weighted by atomic mass is 9.87. The number of alkyl halides is 1. The van der Waals surface area contributed by atoms with E-state index in [0.717, 1.165) is 0 Å². The van der Waals surface area contributed by atoms with E-state index in [4.69, 9.17) is 4.74 Å². The van der Waals surface area contributed by atoms with Crippen LogP contribution >= 0.6 is 15.9 Å². The molecule has 5 heteroatoms. The van der Waals surface area contributed by atoms with Gasteiger partial charge < -0.3 is 4.74 Å². The molecule has 1 saturated heterocycles. The maximum absolute atomic E-state index is 11.0. The van der Waals surface area contributed by atoms with Gasteiger partial charge in [0.2, 0.25) is 0 Å². The second-order valence-corrected chi connectivity index (χ2v) is 4.16. The molecule has 0 radical (unpaired) electrons. The monoisotopic (exact) mass is 237 g/mol. The lowest BCUT2D eigenvalue weighted by molar-refractivity contribution is -0.109. The molecule has 1 amide bonds. The van der Waals surface area contributed by atoms with Crippen molar-refractivity contribution >= 4 is 22.0 Å². The van der Waals surface area contributed by atoms with Gasteiger partial charge >= 0.3 is 6.09 Å². The molecule has 70 valence electrons. The van der Waals surface area contributed by atoms with Crippen molar-refractivity contribution in [3.63, 3.8) is 0 Å². The van der Waals surface area contributed by atoms with Gasteiger partial charge in [0.1, 0.15) is 11.1 Å². The van der Waals surface area contributed by atoms with Gasteiger partial charge in [-0.15, -0.1) is 0 Å². The first-order valence-electron chi connectivity index (χ1n) is 3.63. The molecule has 0 unspecified atom stereocenters. The molecular formula is C7H12BrNO3. The molecule has 1 aliphatic rings. The second-order valence-electron chi connectivity index (χ2n) is 3.60. The Balaban J connectivity index is 3.02. The number of ether oxygens (including phenoxy) is 1. The van der Waals surface area contributed by atoms with Gasteiger partial charge in [-0.2, -0.15) is 5.06 Å². The van der Waals surface area contributed by atoms with E-state index in [1.54, 1.807) is 20.8 Å². The molecule has 1 rings (SSSR count). The number of rotatable bonds is 1. The van der Waals surface area contributed by atoms with Crippen LogP contribution in [0.1, 0.15) is 20.8 Å². The van der Waals surface area contributed by atoms with Gasteiger partial charge in [0.05, 0.1) is 0 Å². The summed E-state index contributed by atoms with van der Waals surface area (Å²) in [5.41, 5.74) is -1.38. The highest BCUT2D eigenvalue weighted by Crippen LogP contribution is 2.38. The third-order valence-corrected chi connectivity index (χ3v) is 3.63. The standard InChI is InChI=1S/C7H12BrNO3/c1-6(2)7(3,4-8)12-5(10)9(6)11/h11H,4H2,1-3H3/t7-/m1/s1. The second kappa shape index (κ2) is 2.60. The summed E-state index contributed by atoms with van der Waals surface area (Å²) >= 11 is 3.25. The smallest absolute Gasteiger partial charge is 0.435 e. The first kappa shape index (κ1) is 9.80. The first-order valence-corrected chi connectivity index (χ1v) is 4.75. The molecule has 1 aliphatic heterocycles. The van der Waals surface area contributed by atoms with Crippen LogP contribution in [-0.4, -0.2) is 32.8 Å². The number of carbonyl (C=O) groups excluding carboxylic acids is 1. The van der Waals surface area contributed by atoms with Crippen molar-refractivity contribution in [1.82, 2.24) is 5.06 Å². The molecule has 1 atom stereocenters. The molecule has 1 N–H and O–H groups in total. The Bertz CT molecular complexity index is 216. The number of amides is 1. The molecular weight excluding hydrogens is 226 g/mol. The largest absolute Gasteiger partial charge is 0.438 e. The van der Waals surface area contributed by atoms with E-state index in [1.165, 1.54) is 0 Å². The summed E-state index contributed by atoms with van der Waals surface area (Å²) in [6.45, 7) is 5.27. The molecule has 0 aromatic rings. The van der Waals surface area contributed by atoms with Crippen LogP contribution in [0.3, 0.4) is 0 Å². The van der Waals surface area contributed by atoms with E-state index in [1.807, 2.05) is 0 Å². The van der Waals surface area contributed by atoms with Crippen molar-refractivity contribution in [3.05, 3.63) is 0 Å². The summed E-state index contributed by atoms with van der Waals surface area (Å²) in [5.74, 6) is 0. The fourth-order valence-electron chi connectivity index (χ4n) is 1.00. The molecule has 1 heterocycles. The summed E-state index contributed by atoms with van der Waals surface area (Å²) in [6, 6.07) is 0. The highest BCUT2D eigenvalue weighted by molar-refractivity contribution is 9.09. The van der Waals surface area contributed by atoms with Gasteiger partial charge in [-0.05, 0) is 20.8 Å². The number of nitrogens with zero attached hydrogens (tertiary/aromatic N) is 1. The average molecular weight is 238 g/mol. The highest BCUT2D eigenvalue weighted by atomic mass is 79.9. The minimum atomic E-state index is -0.701. The number of carbonyl (C=O) groups is 1. The fourth-order valence-corrected chi connectivity index (χ4v) is 1.80. The van der Waals surface area contributed by atoms with Crippen LogP contribution in [0.2, 0.25) is 0 Å². The van der Waals surface area contributed by atoms with Gasteiger partial charge in [-0.3, -0.25) is 5.21 Å². The maximum atomic E-state index is 11.0. The molecule has 0 saturated carbocycles. The zero-order valence-corrected chi connectivity index (χ0v) is 8.88. The van der Waals surface area contributed by atoms with E-state index in [-0.39, 0.29) is 0 Å². The lowest BCUT2D eigenvalue weighted by Gasteiger charge is -2.34. The van der Waals surface area contributed by atoms with Gasteiger partial charge in [0.15, 0.2) is 0 Å². The minimum absolute atomic E-state index is 0.496. The Morgan fingerprint density at radius 3 is 2.25 bits per heavy atom. The molecule has 4 nitrogen and oxygen atoms in total. The van der Waals surface area contributed by atoms with Crippen LogP contribution in [0.4, 0.5) is 4.79 Å². The zero-order chi connectivity index (χ0) is 9.57. The number of hydrogen-bond donors (Lipinski definition) is 1. The van der Waals surface area contributed by atoms with Crippen molar-refractivity contribution in [1.29, 1.82) is 0 Å². The minimum Gasteiger partial charge on any atom is -0.438 e. The summed E-state index contributed by atoms with van der Waals surface area (Å²) in [7, 11) is 0. The Hall–Kier alpha value is -0.290. The topological polar surface area (TPSA) is 49.8 Å². The van der Waals surface area contributed by atoms with E-state index in [0.29, 0.717) is 10.4 Å². The molecule has 0 spiro atoms. The van der Waals surface area contributed by atoms with Crippen LogP contribution in [0, 0.1) is 0 Å². The van der Waals surface area contributed by atoms with Gasteiger partial charge in [0, 0.05) is 5.33 Å². The van der Waals surface area contributed by atoms with Gasteiger partial charge in [0.25, 0.3) is 0 Å². The van der Waals surface area contributed by atoms with Crippen molar-refractivity contribution < 1.29 is 14.7 Å². The number of hydrogen-bond acceptors (Lipinski definition) is 3. The average Bonchev–Trinajstić information content (AvgIpc) is 2.14. The summed E-state index contributed by atoms with van der Waals surface area (Å²) in [4.78, 5) is 11.0. The normalized spacial score (nSPS) is 33.8. The van der Waals surface area contributed by atoms with Crippen LogP contribution < -0.4 is 0 Å². The molecule has 12 heavy (non-hydrogen) atoms. The van der Waals surface area contributed by atoms with Crippen LogP contribution in [-0.2, 0) is 4.74 Å². The molecule has 0 aromatic carbocycles. The SMILES string of the molecule is CC1(C)N(O)C(=O)O[C@]1(C)CBr. The van der Waals surface area contributed by atoms with Crippen LogP contribution in [0.15, 0.2) is 0 Å². The Kier molecular flexibility index (Phi) is 2.12. The third-order valence-electron chi connectivity index (χ3n) is 2.56. The third kappa shape index (κ3) is 1.03. The zero-order valence-electron chi connectivity index (χ0n) is 7.30. The maximum Gasteiger partial charge on any atom is 0.435 e. The van der Waals surface area contributed by atoms with E-state index in [2.05, 4.69) is 15.9 Å². The molecule has 1 fully saturated rings. The van der Waals surface area contributed by atoms with Crippen molar-refractivity contribution in [2.45, 2.75) is 31.9 Å². The number of cyclic esters (lactones) is 1. The number of halogens is 1. The summed E-state index contributed by atoms with van der Waals surface area (Å²) in [5, 5.41) is 10.5. The van der Waals surface area contributed by atoms with Crippen molar-refractivity contribution in [3.8, 4) is 0 Å². The van der Waals surface area contributed by atoms with E-state index in [9.17, 15) is 10.0 Å². The fraction of sp³-hybridized carbons (Fsp3) is 0.857. The highest BCUT2D eigenvalue weighted by Gasteiger charge is 2.56. The predicted octanol–water partition coefficient (Wildman–Crippen LogP) is 1.76. The summed E-state index contributed by atoms with van der Waals surface area (Å²) in [6.07, 6.45) is -0.693. The van der Waals surface area contributed by atoms with Crippen LogP contribution in [0.5, 0.6) is 0 Å². The summed E-state index contributed by atoms with van der Waals surface area (Å²) < 4.78 is 5.02. The Morgan fingerprint density at radius 1 is 1.58 bits per heavy atom. The lowest BCUT2D eigenvalue weighted by Crippen LogP contribution is -2.52. The predicted molar refractivity (Wildman–Crippen MR) is 46.4 cm³/mol. The Morgan fingerprint density at radius 2 is 2.08 bits per heavy atom. The Labute approximate surface area is 79.6 Å². The van der Waals surface area contributed by atoms with Crippen LogP contribution in [0.25, 0.3) is 0 Å². The van der Waals surface area contributed by atoms with E-state index >= 15 is 0 Å². The van der Waals surface area contributed by atoms with Crippen molar-refractivity contribution in [2.24, 2.45) is 0 Å². The quantitative estimate of drug-likeness (QED) is 0.559. The van der Waals surface area contributed by atoms with Gasteiger partial charge in [-0.1, -0.05) is 15.9 Å². The van der Waals surface area contributed by atoms with Crippen molar-refractivity contribution in [2.75, 3.05) is 5.33 Å². The van der Waals surface area contributed by atoms with E-state index < -0.39 is 17.2 Å². The molecule has 0 aromatic heterocycles. The first-order chi connectivity index (χ1) is 5.35.